The van der Waals surface area contributed by atoms with Gasteiger partial charge in [0.25, 0.3) is 0 Å². The summed E-state index contributed by atoms with van der Waals surface area (Å²) in [5, 5.41) is 2.98. The molecule has 0 radical (unpaired) electrons. The van der Waals surface area contributed by atoms with E-state index < -0.39 is 11.6 Å². The monoisotopic (exact) mass is 315 g/mol. The Kier molecular flexibility index (Phi) is 4.14. The molecule has 0 aliphatic rings. The van der Waals surface area contributed by atoms with E-state index in [9.17, 15) is 8.78 Å². The lowest BCUT2D eigenvalue weighted by Gasteiger charge is -2.15. The van der Waals surface area contributed by atoms with Gasteiger partial charge in [-0.15, -0.1) is 0 Å². The topological polar surface area (TPSA) is 25.2 Å². The van der Waals surface area contributed by atoms with Crippen molar-refractivity contribution in [1.82, 2.24) is 5.32 Å². The lowest BCUT2D eigenvalue weighted by atomic mass is 10.0. The Morgan fingerprint density at radius 2 is 2.11 bits per heavy atom. The Morgan fingerprint density at radius 1 is 1.33 bits per heavy atom. The van der Waals surface area contributed by atoms with Crippen LogP contribution < -0.4 is 5.32 Å². The quantitative estimate of drug-likeness (QED) is 0.868. The molecule has 0 amide bonds. The summed E-state index contributed by atoms with van der Waals surface area (Å²) in [6, 6.07) is 5.85. The van der Waals surface area contributed by atoms with Gasteiger partial charge in [0.2, 0.25) is 0 Å². The van der Waals surface area contributed by atoms with E-state index in [1.807, 2.05) is 0 Å². The molecular formula is C13H12BrF2NO. The predicted octanol–water partition coefficient (Wildman–Crippen LogP) is 3.82. The molecule has 0 saturated carbocycles. The second kappa shape index (κ2) is 5.63. The van der Waals surface area contributed by atoms with Crippen molar-refractivity contribution in [3.05, 3.63) is 58.0 Å². The molecule has 18 heavy (non-hydrogen) atoms. The van der Waals surface area contributed by atoms with Crippen LogP contribution in [0.3, 0.4) is 0 Å². The third-order valence-electron chi connectivity index (χ3n) is 2.78. The average Bonchev–Trinajstić information content (AvgIpc) is 2.88. The number of rotatable bonds is 4. The summed E-state index contributed by atoms with van der Waals surface area (Å²) in [5.74, 6) is -0.472. The van der Waals surface area contributed by atoms with Crippen molar-refractivity contribution in [1.29, 1.82) is 0 Å². The maximum atomic E-state index is 13.9. The largest absolute Gasteiger partial charge is 0.468 e. The zero-order valence-corrected chi connectivity index (χ0v) is 11.3. The molecule has 0 spiro atoms. The van der Waals surface area contributed by atoms with Gasteiger partial charge in [0.1, 0.15) is 17.4 Å². The van der Waals surface area contributed by atoms with Crippen molar-refractivity contribution in [2.45, 2.75) is 12.5 Å². The summed E-state index contributed by atoms with van der Waals surface area (Å²) >= 11 is 3.06. The molecule has 2 rings (SSSR count). The van der Waals surface area contributed by atoms with Crippen molar-refractivity contribution in [3.63, 3.8) is 0 Å². The van der Waals surface area contributed by atoms with Crippen molar-refractivity contribution < 1.29 is 13.2 Å². The summed E-state index contributed by atoms with van der Waals surface area (Å²) in [6.07, 6.45) is 1.72. The maximum Gasteiger partial charge on any atom is 0.143 e. The van der Waals surface area contributed by atoms with Gasteiger partial charge in [-0.05, 0) is 47.2 Å². The van der Waals surface area contributed by atoms with Crippen LogP contribution in [0, 0.1) is 11.6 Å². The summed E-state index contributed by atoms with van der Waals surface area (Å²) in [4.78, 5) is 0. The highest BCUT2D eigenvalue weighted by atomic mass is 79.9. The van der Waals surface area contributed by atoms with E-state index in [1.54, 1.807) is 19.2 Å². The van der Waals surface area contributed by atoms with E-state index in [1.165, 1.54) is 18.4 Å². The van der Waals surface area contributed by atoms with E-state index in [0.717, 1.165) is 0 Å². The third kappa shape index (κ3) is 2.62. The maximum absolute atomic E-state index is 13.9. The number of likely N-dealkylation sites (N-methyl/N-ethyl adjacent to an activating group) is 1. The Labute approximate surface area is 112 Å². The molecular weight excluding hydrogens is 304 g/mol. The summed E-state index contributed by atoms with van der Waals surface area (Å²) < 4.78 is 33.0. The van der Waals surface area contributed by atoms with Gasteiger partial charge >= 0.3 is 0 Å². The van der Waals surface area contributed by atoms with Crippen molar-refractivity contribution in [3.8, 4) is 0 Å². The summed E-state index contributed by atoms with van der Waals surface area (Å²) in [5.41, 5.74) is 0.0418. The van der Waals surface area contributed by atoms with Crippen LogP contribution in [0.5, 0.6) is 0 Å². The SMILES string of the molecule is CNC(Cc1c(F)ccc(Br)c1F)c1ccco1. The molecule has 1 N–H and O–H groups in total. The smallest absolute Gasteiger partial charge is 0.143 e. The highest BCUT2D eigenvalue weighted by molar-refractivity contribution is 9.10. The van der Waals surface area contributed by atoms with Crippen LogP contribution in [0.25, 0.3) is 0 Å². The molecule has 1 aromatic carbocycles. The van der Waals surface area contributed by atoms with E-state index in [0.29, 0.717) is 5.76 Å². The number of hydrogen-bond donors (Lipinski definition) is 1. The lowest BCUT2D eigenvalue weighted by molar-refractivity contribution is 0.419. The molecule has 1 aromatic heterocycles. The van der Waals surface area contributed by atoms with E-state index in [-0.39, 0.29) is 22.5 Å². The molecule has 0 aliphatic heterocycles. The fourth-order valence-corrected chi connectivity index (χ4v) is 2.17. The number of hydrogen-bond acceptors (Lipinski definition) is 2. The first-order valence-corrected chi connectivity index (χ1v) is 6.25. The van der Waals surface area contributed by atoms with Gasteiger partial charge in [-0.2, -0.15) is 0 Å². The van der Waals surface area contributed by atoms with E-state index in [4.69, 9.17) is 4.42 Å². The number of furan rings is 1. The zero-order chi connectivity index (χ0) is 13.1. The van der Waals surface area contributed by atoms with Crippen molar-refractivity contribution >= 4 is 15.9 Å². The van der Waals surface area contributed by atoms with Gasteiger partial charge in [0, 0.05) is 12.0 Å². The van der Waals surface area contributed by atoms with Crippen LogP contribution in [-0.4, -0.2) is 7.05 Å². The molecule has 0 saturated heterocycles. The number of halogens is 3. The number of nitrogens with one attached hydrogen (secondary N) is 1. The Hall–Kier alpha value is -1.20. The van der Waals surface area contributed by atoms with Gasteiger partial charge in [-0.3, -0.25) is 0 Å². The highest BCUT2D eigenvalue weighted by Crippen LogP contribution is 2.26. The van der Waals surface area contributed by atoms with Crippen LogP contribution in [0.2, 0.25) is 0 Å². The molecule has 1 heterocycles. The fraction of sp³-hybridized carbons (Fsp3) is 0.231. The van der Waals surface area contributed by atoms with Gasteiger partial charge in [0.05, 0.1) is 16.8 Å². The van der Waals surface area contributed by atoms with Crippen LogP contribution in [0.15, 0.2) is 39.4 Å². The first-order chi connectivity index (χ1) is 8.63. The van der Waals surface area contributed by atoms with Gasteiger partial charge in [-0.25, -0.2) is 8.78 Å². The van der Waals surface area contributed by atoms with Crippen LogP contribution in [-0.2, 0) is 6.42 Å². The summed E-state index contributed by atoms with van der Waals surface area (Å²) in [7, 11) is 1.72. The molecule has 2 nitrogen and oxygen atoms in total. The first-order valence-electron chi connectivity index (χ1n) is 5.46. The standard InChI is InChI=1S/C13H12BrF2NO/c1-17-11(12-3-2-6-18-12)7-8-10(15)5-4-9(14)13(8)16/h2-6,11,17H,7H2,1H3. The normalized spacial score (nSPS) is 12.7. The van der Waals surface area contributed by atoms with Crippen molar-refractivity contribution in [2.24, 2.45) is 0 Å². The minimum absolute atomic E-state index is 0.0418. The van der Waals surface area contributed by atoms with Crippen molar-refractivity contribution in [2.75, 3.05) is 7.05 Å². The average molecular weight is 316 g/mol. The zero-order valence-electron chi connectivity index (χ0n) is 9.71. The van der Waals surface area contributed by atoms with Crippen LogP contribution >= 0.6 is 15.9 Å². The molecule has 1 atom stereocenters. The lowest BCUT2D eigenvalue weighted by Crippen LogP contribution is -2.19. The fourth-order valence-electron chi connectivity index (χ4n) is 1.79. The second-order valence-corrected chi connectivity index (χ2v) is 4.74. The van der Waals surface area contributed by atoms with Gasteiger partial charge < -0.3 is 9.73 Å². The Balaban J connectivity index is 2.30. The van der Waals surface area contributed by atoms with E-state index in [2.05, 4.69) is 21.2 Å². The molecule has 5 heteroatoms. The molecule has 0 aliphatic carbocycles. The van der Waals surface area contributed by atoms with Crippen LogP contribution in [0.4, 0.5) is 8.78 Å². The van der Waals surface area contributed by atoms with Crippen LogP contribution in [0.1, 0.15) is 17.4 Å². The summed E-state index contributed by atoms with van der Waals surface area (Å²) in [6.45, 7) is 0. The number of benzene rings is 1. The minimum atomic E-state index is -0.568. The second-order valence-electron chi connectivity index (χ2n) is 3.88. The van der Waals surface area contributed by atoms with E-state index >= 15 is 0 Å². The van der Waals surface area contributed by atoms with Gasteiger partial charge in [0.15, 0.2) is 0 Å². The first kappa shape index (κ1) is 13.2. The predicted molar refractivity (Wildman–Crippen MR) is 68.3 cm³/mol. The molecule has 96 valence electrons. The molecule has 0 fully saturated rings. The molecule has 1 unspecified atom stereocenters. The molecule has 0 bridgehead atoms. The minimum Gasteiger partial charge on any atom is -0.468 e. The third-order valence-corrected chi connectivity index (χ3v) is 3.39. The molecule has 2 aromatic rings. The Morgan fingerprint density at radius 3 is 2.72 bits per heavy atom. The Bertz CT molecular complexity index is 528. The highest BCUT2D eigenvalue weighted by Gasteiger charge is 2.19. The van der Waals surface area contributed by atoms with Gasteiger partial charge in [-0.1, -0.05) is 0 Å².